The van der Waals surface area contributed by atoms with Crippen molar-refractivity contribution in [2.75, 3.05) is 0 Å². The second-order valence-corrected chi connectivity index (χ2v) is 14.9. The number of aryl methyl sites for hydroxylation is 4. The number of nitrogens with zero attached hydrogens (tertiary/aromatic N) is 6. The molecule has 0 amide bonds. The fourth-order valence-electron chi connectivity index (χ4n) is 8.94. The Labute approximate surface area is 313 Å². The number of rotatable bonds is 4. The van der Waals surface area contributed by atoms with Crippen LogP contribution in [0.2, 0.25) is 0 Å². The molecule has 6 aromatic heterocycles. The van der Waals surface area contributed by atoms with Crippen molar-refractivity contribution in [1.82, 2.24) is 29.1 Å². The van der Waals surface area contributed by atoms with Crippen LogP contribution in [0, 0.1) is 13.8 Å². The molecule has 0 spiro atoms. The molecule has 0 fully saturated rings. The van der Waals surface area contributed by atoms with E-state index in [9.17, 15) is 0 Å². The number of pyridine rings is 4. The lowest BCUT2D eigenvalue weighted by molar-refractivity contribution is 0.877. The first kappa shape index (κ1) is 30.9. The van der Waals surface area contributed by atoms with E-state index in [-0.39, 0.29) is 0 Å². The summed E-state index contributed by atoms with van der Waals surface area (Å²) in [5, 5.41) is 3.76. The largest absolute Gasteiger partial charge is 0.298 e. The highest BCUT2D eigenvalue weighted by molar-refractivity contribution is 6.12. The molecule has 6 heteroatoms. The van der Waals surface area contributed by atoms with Gasteiger partial charge in [-0.1, -0.05) is 18.2 Å². The van der Waals surface area contributed by atoms with Crippen LogP contribution in [0.3, 0.4) is 0 Å². The van der Waals surface area contributed by atoms with E-state index in [2.05, 4.69) is 118 Å². The predicted octanol–water partition coefficient (Wildman–Crippen LogP) is 10.8. The average molecular weight is 697 g/mol. The van der Waals surface area contributed by atoms with Crippen LogP contribution in [0.5, 0.6) is 0 Å². The summed E-state index contributed by atoms with van der Waals surface area (Å²) in [6.07, 6.45) is 17.7. The Hall–Kier alpha value is -6.66. The van der Waals surface area contributed by atoms with E-state index in [4.69, 9.17) is 9.97 Å². The van der Waals surface area contributed by atoms with Crippen LogP contribution in [0.1, 0.15) is 45.5 Å². The highest BCUT2D eigenvalue weighted by Gasteiger charge is 2.27. The Morgan fingerprint density at radius 1 is 0.500 bits per heavy atom. The van der Waals surface area contributed by atoms with Gasteiger partial charge in [-0.25, -0.2) is 9.97 Å². The van der Waals surface area contributed by atoms with E-state index in [0.29, 0.717) is 0 Å². The Balaban J connectivity index is 1.17. The van der Waals surface area contributed by atoms with Crippen molar-refractivity contribution in [3.8, 4) is 33.9 Å². The van der Waals surface area contributed by atoms with Gasteiger partial charge in [-0.2, -0.15) is 0 Å². The third-order valence-electron chi connectivity index (χ3n) is 11.5. The van der Waals surface area contributed by atoms with Gasteiger partial charge < -0.3 is 0 Å². The molecule has 2 aliphatic carbocycles. The molecule has 3 aromatic carbocycles. The van der Waals surface area contributed by atoms with E-state index in [1.807, 2.05) is 49.3 Å². The lowest BCUT2D eigenvalue weighted by atomic mass is 9.83. The van der Waals surface area contributed by atoms with Gasteiger partial charge in [0.2, 0.25) is 0 Å². The molecule has 0 atom stereocenters. The van der Waals surface area contributed by atoms with Crippen LogP contribution in [0.25, 0.3) is 78.2 Å². The maximum absolute atomic E-state index is 4.94. The van der Waals surface area contributed by atoms with Gasteiger partial charge in [0.05, 0.1) is 16.6 Å². The second kappa shape index (κ2) is 11.9. The molecule has 0 saturated heterocycles. The summed E-state index contributed by atoms with van der Waals surface area (Å²) in [6.45, 7) is 4.28. The van der Waals surface area contributed by atoms with Gasteiger partial charge in [-0.3, -0.25) is 19.1 Å². The van der Waals surface area contributed by atoms with Crippen LogP contribution in [-0.2, 0) is 19.3 Å². The summed E-state index contributed by atoms with van der Waals surface area (Å²) < 4.78 is 4.77. The Morgan fingerprint density at radius 2 is 1.13 bits per heavy atom. The van der Waals surface area contributed by atoms with Gasteiger partial charge in [0.25, 0.3) is 0 Å². The monoisotopic (exact) mass is 696 g/mol. The summed E-state index contributed by atoms with van der Waals surface area (Å²) in [6, 6.07) is 33.5. The van der Waals surface area contributed by atoms with Crippen molar-refractivity contribution in [1.29, 1.82) is 0 Å². The number of allylic oxidation sites excluding steroid dienone is 1. The standard InChI is InChI=1S/C48H36N6/c1-29-13-17-51-47(19-29)53-43-11-9-31(35-5-3-15-49-27-35)21-39(43)41-23-33-7-8-34-24-42-40-22-32(36-6-4-16-50-28-36)10-12-44(40)54(48-20-30(2)14-18-52-48)46(42)26-38(34)37(33)25-45(41)53/h3-6,9,11,13-28H,7-8,10,12H2,1-2H3. The Morgan fingerprint density at radius 3 is 1.80 bits per heavy atom. The molecule has 11 rings (SSSR count). The van der Waals surface area contributed by atoms with Gasteiger partial charge in [0, 0.05) is 70.2 Å². The normalized spacial score (nSPS) is 13.6. The summed E-state index contributed by atoms with van der Waals surface area (Å²) in [7, 11) is 0. The van der Waals surface area contributed by atoms with E-state index in [1.165, 1.54) is 77.5 Å². The van der Waals surface area contributed by atoms with E-state index in [0.717, 1.165) is 59.5 Å². The number of fused-ring (bicyclic) bond motifs is 9. The average Bonchev–Trinajstić information content (AvgIpc) is 3.70. The molecule has 0 aliphatic heterocycles. The van der Waals surface area contributed by atoms with Crippen LogP contribution in [0.15, 0.2) is 128 Å². The molecule has 0 bridgehead atoms. The molecular formula is C48H36N6. The maximum Gasteiger partial charge on any atom is 0.137 e. The first-order valence-electron chi connectivity index (χ1n) is 18.8. The molecule has 2 aliphatic rings. The molecule has 0 radical (unpaired) electrons. The Bertz CT molecular complexity index is 3000. The number of aromatic nitrogens is 6. The van der Waals surface area contributed by atoms with E-state index < -0.39 is 0 Å². The van der Waals surface area contributed by atoms with Gasteiger partial charge in [0.1, 0.15) is 11.6 Å². The minimum absolute atomic E-state index is 0.929. The first-order chi connectivity index (χ1) is 26.6. The van der Waals surface area contributed by atoms with E-state index >= 15 is 0 Å². The summed E-state index contributed by atoms with van der Waals surface area (Å²) >= 11 is 0. The van der Waals surface area contributed by atoms with Crippen molar-refractivity contribution in [2.45, 2.75) is 39.5 Å². The quantitative estimate of drug-likeness (QED) is 0.184. The van der Waals surface area contributed by atoms with E-state index in [1.54, 1.807) is 0 Å². The minimum atomic E-state index is 0.929. The van der Waals surface area contributed by atoms with Gasteiger partial charge in [-0.15, -0.1) is 0 Å². The number of hydrogen-bond donors (Lipinski definition) is 0. The number of benzene rings is 3. The summed E-state index contributed by atoms with van der Waals surface area (Å²) in [5.41, 5.74) is 18.7. The third-order valence-corrected chi connectivity index (χ3v) is 11.5. The van der Waals surface area contributed by atoms with Crippen LogP contribution >= 0.6 is 0 Å². The molecule has 54 heavy (non-hydrogen) atoms. The van der Waals surface area contributed by atoms with Crippen molar-refractivity contribution in [2.24, 2.45) is 0 Å². The zero-order chi connectivity index (χ0) is 35.9. The molecule has 0 saturated carbocycles. The molecule has 0 N–H and O–H groups in total. The first-order valence-corrected chi connectivity index (χ1v) is 18.8. The summed E-state index contributed by atoms with van der Waals surface area (Å²) in [5.74, 6) is 1.90. The van der Waals surface area contributed by atoms with Gasteiger partial charge >= 0.3 is 0 Å². The minimum Gasteiger partial charge on any atom is -0.298 e. The zero-order valence-electron chi connectivity index (χ0n) is 30.2. The predicted molar refractivity (Wildman–Crippen MR) is 219 cm³/mol. The topological polar surface area (TPSA) is 61.4 Å². The van der Waals surface area contributed by atoms with Crippen molar-refractivity contribution < 1.29 is 0 Å². The highest BCUT2D eigenvalue weighted by Crippen LogP contribution is 2.45. The summed E-state index contributed by atoms with van der Waals surface area (Å²) in [4.78, 5) is 18.7. The van der Waals surface area contributed by atoms with Crippen LogP contribution in [-0.4, -0.2) is 29.1 Å². The number of hydrogen-bond acceptors (Lipinski definition) is 4. The fraction of sp³-hybridized carbons (Fsp3) is 0.125. The van der Waals surface area contributed by atoms with Crippen molar-refractivity contribution >= 4 is 44.4 Å². The highest BCUT2D eigenvalue weighted by atomic mass is 15.1. The molecule has 258 valence electrons. The molecule has 6 heterocycles. The Kier molecular flexibility index (Phi) is 6.83. The second-order valence-electron chi connectivity index (χ2n) is 14.9. The lowest BCUT2D eigenvalue weighted by Gasteiger charge is -2.21. The SMILES string of the molecule is Cc1ccnc(-n2c3c(c4cc5c(cc42)-c2cc4c(cc2CC5)c2cc(-c5cccnc5)ccc2n4-c2cc(C)ccn2)C=C(c2cccnc2)CC3)c1. The fourth-order valence-corrected chi connectivity index (χ4v) is 8.94. The molecule has 0 unspecified atom stereocenters. The molecule has 9 aromatic rings. The van der Waals surface area contributed by atoms with Crippen molar-refractivity contribution in [3.05, 3.63) is 167 Å². The van der Waals surface area contributed by atoms with Gasteiger partial charge in [0.15, 0.2) is 0 Å². The van der Waals surface area contributed by atoms with Gasteiger partial charge in [-0.05, 0) is 168 Å². The zero-order valence-corrected chi connectivity index (χ0v) is 30.2. The maximum atomic E-state index is 4.94. The molecule has 6 nitrogen and oxygen atoms in total. The smallest absolute Gasteiger partial charge is 0.137 e. The molecular weight excluding hydrogens is 661 g/mol. The van der Waals surface area contributed by atoms with Crippen LogP contribution < -0.4 is 0 Å². The van der Waals surface area contributed by atoms with Crippen LogP contribution in [0.4, 0.5) is 0 Å². The van der Waals surface area contributed by atoms with Crippen molar-refractivity contribution in [3.63, 3.8) is 0 Å². The lowest BCUT2D eigenvalue weighted by Crippen LogP contribution is -2.07. The third kappa shape index (κ3) is 4.80.